The van der Waals surface area contributed by atoms with Gasteiger partial charge in [0, 0.05) is 29.7 Å². The predicted molar refractivity (Wildman–Crippen MR) is 131 cm³/mol. The Morgan fingerprint density at radius 1 is 1.19 bits per heavy atom. The molecule has 5 nitrogen and oxygen atoms in total. The van der Waals surface area contributed by atoms with Gasteiger partial charge in [-0.15, -0.1) is 13.2 Å². The summed E-state index contributed by atoms with van der Waals surface area (Å²) in [5.74, 6) is -0.712. The maximum absolute atomic E-state index is 13.0. The topological polar surface area (TPSA) is 59.0 Å². The monoisotopic (exact) mass is 525 g/mol. The first kappa shape index (κ1) is 26.6. The molecule has 1 saturated heterocycles. The zero-order valence-corrected chi connectivity index (χ0v) is 21.2. The van der Waals surface area contributed by atoms with Crippen molar-refractivity contribution in [3.05, 3.63) is 58.1 Å². The lowest BCUT2D eigenvalue weighted by Gasteiger charge is -2.46. The van der Waals surface area contributed by atoms with Crippen LogP contribution in [0.3, 0.4) is 0 Å². The van der Waals surface area contributed by atoms with E-state index in [-0.39, 0.29) is 17.4 Å². The fourth-order valence-electron chi connectivity index (χ4n) is 5.38. The van der Waals surface area contributed by atoms with Crippen molar-refractivity contribution in [3.63, 3.8) is 0 Å². The Kier molecular flexibility index (Phi) is 7.76. The van der Waals surface area contributed by atoms with E-state index in [4.69, 9.17) is 16.3 Å². The van der Waals surface area contributed by atoms with Gasteiger partial charge in [-0.05, 0) is 73.9 Å². The van der Waals surface area contributed by atoms with Crippen LogP contribution in [0.1, 0.15) is 62.3 Å². The molecule has 196 valence electrons. The smallest absolute Gasteiger partial charge is 0.487 e. The van der Waals surface area contributed by atoms with Crippen LogP contribution in [-0.4, -0.2) is 41.0 Å². The van der Waals surface area contributed by atoms with E-state index in [1.807, 2.05) is 25.1 Å². The number of hydrogen-bond donors (Lipinski definition) is 1. The van der Waals surface area contributed by atoms with Crippen LogP contribution in [0.15, 0.2) is 36.4 Å². The Bertz CT molecular complexity index is 1100. The van der Waals surface area contributed by atoms with E-state index in [0.717, 1.165) is 42.6 Å². The van der Waals surface area contributed by atoms with E-state index < -0.39 is 18.2 Å². The van der Waals surface area contributed by atoms with Gasteiger partial charge in [-0.3, -0.25) is 9.69 Å². The summed E-state index contributed by atoms with van der Waals surface area (Å²) in [4.78, 5) is 13.4. The number of hydrogen-bond acceptors (Lipinski definition) is 4. The van der Waals surface area contributed by atoms with Gasteiger partial charge in [-0.2, -0.15) is 0 Å². The minimum Gasteiger partial charge on any atom is -0.487 e. The molecule has 0 amide bonds. The molecule has 0 saturated carbocycles. The van der Waals surface area contributed by atoms with Crippen LogP contribution in [0.25, 0.3) is 0 Å². The van der Waals surface area contributed by atoms with Crippen LogP contribution in [0.5, 0.6) is 11.5 Å². The zero-order valence-electron chi connectivity index (χ0n) is 20.4. The Hall–Kier alpha value is -2.45. The highest BCUT2D eigenvalue weighted by atomic mass is 35.5. The lowest BCUT2D eigenvalue weighted by Crippen LogP contribution is -2.50. The lowest BCUT2D eigenvalue weighted by atomic mass is 9.82. The summed E-state index contributed by atoms with van der Waals surface area (Å²) >= 11 is 6.15. The number of aryl methyl sites for hydroxylation is 1. The average Bonchev–Trinajstić information content (AvgIpc) is 2.81. The normalized spacial score (nSPS) is 19.3. The number of carboxylic acid groups (broad SMARTS) is 1. The number of likely N-dealkylation sites (tertiary alicyclic amines) is 1. The maximum Gasteiger partial charge on any atom is 0.573 e. The van der Waals surface area contributed by atoms with Gasteiger partial charge in [0.05, 0.1) is 5.92 Å². The fourth-order valence-corrected chi connectivity index (χ4v) is 5.56. The number of nitrogens with zero attached hydrogens (tertiary/aromatic N) is 1. The van der Waals surface area contributed by atoms with E-state index in [1.54, 1.807) is 13.0 Å². The van der Waals surface area contributed by atoms with Gasteiger partial charge in [0.1, 0.15) is 17.1 Å². The first-order chi connectivity index (χ1) is 17.0. The van der Waals surface area contributed by atoms with Gasteiger partial charge >= 0.3 is 12.3 Å². The van der Waals surface area contributed by atoms with Crippen molar-refractivity contribution in [3.8, 4) is 11.5 Å². The van der Waals surface area contributed by atoms with Crippen molar-refractivity contribution >= 4 is 17.6 Å². The molecule has 1 N–H and O–H groups in total. The number of rotatable bonds is 7. The number of carboxylic acids is 1. The number of aliphatic carboxylic acids is 1. The summed E-state index contributed by atoms with van der Waals surface area (Å²) in [5.41, 5.74) is 2.15. The van der Waals surface area contributed by atoms with Gasteiger partial charge in [0.2, 0.25) is 0 Å². The molecular formula is C27H31ClF3NO4. The van der Waals surface area contributed by atoms with Crippen LogP contribution in [-0.2, 0) is 17.6 Å². The third-order valence-electron chi connectivity index (χ3n) is 7.36. The highest BCUT2D eigenvalue weighted by Gasteiger charge is 2.41. The average molecular weight is 526 g/mol. The number of benzene rings is 2. The van der Waals surface area contributed by atoms with Gasteiger partial charge in [0.25, 0.3) is 0 Å². The Labute approximate surface area is 214 Å². The minimum atomic E-state index is -4.78. The quantitative estimate of drug-likeness (QED) is 0.430. The van der Waals surface area contributed by atoms with Crippen LogP contribution in [0.4, 0.5) is 13.2 Å². The summed E-state index contributed by atoms with van der Waals surface area (Å²) in [6.07, 6.45) is -0.502. The van der Waals surface area contributed by atoms with Crippen molar-refractivity contribution in [1.29, 1.82) is 0 Å². The van der Waals surface area contributed by atoms with Gasteiger partial charge in [0.15, 0.2) is 0 Å². The molecule has 0 radical (unpaired) electrons. The third-order valence-corrected chi connectivity index (χ3v) is 7.60. The second-order valence-electron chi connectivity index (χ2n) is 9.86. The van der Waals surface area contributed by atoms with Gasteiger partial charge in [-0.1, -0.05) is 37.6 Å². The molecule has 1 fully saturated rings. The van der Waals surface area contributed by atoms with Crippen molar-refractivity contribution in [1.82, 2.24) is 4.90 Å². The minimum absolute atomic E-state index is 0.218. The molecule has 1 spiro atoms. The van der Waals surface area contributed by atoms with Crippen LogP contribution in [0, 0.1) is 5.92 Å². The number of alkyl halides is 3. The summed E-state index contributed by atoms with van der Waals surface area (Å²) in [7, 11) is 0. The highest BCUT2D eigenvalue weighted by molar-refractivity contribution is 6.30. The van der Waals surface area contributed by atoms with Crippen LogP contribution < -0.4 is 9.47 Å². The molecule has 2 aromatic carbocycles. The molecule has 9 heteroatoms. The molecular weight excluding hydrogens is 495 g/mol. The van der Waals surface area contributed by atoms with Crippen LogP contribution in [0.2, 0.25) is 5.02 Å². The van der Waals surface area contributed by atoms with Gasteiger partial charge in [-0.25, -0.2) is 0 Å². The lowest BCUT2D eigenvalue weighted by molar-refractivity contribution is -0.275. The standard InChI is InChI=1S/C27H31ClF3NO4/c1-3-22(21-16-20(28)6-7-23(21)36-27(29,30)31)32-12-10-26(11-13-32)9-8-19-5-4-18(15-24(19)35-26)14-17(2)25(33)34/h4-7,15-17,22H,3,8-14H2,1-2H3,(H,33,34). The predicted octanol–water partition coefficient (Wildman–Crippen LogP) is 6.81. The summed E-state index contributed by atoms with van der Waals surface area (Å²) in [6, 6.07) is 9.94. The van der Waals surface area contributed by atoms with Crippen molar-refractivity contribution < 1.29 is 32.5 Å². The first-order valence-corrected chi connectivity index (χ1v) is 12.7. The Morgan fingerprint density at radius 3 is 2.56 bits per heavy atom. The maximum atomic E-state index is 13.0. The van der Waals surface area contributed by atoms with Crippen LogP contribution >= 0.6 is 11.6 Å². The Morgan fingerprint density at radius 2 is 1.92 bits per heavy atom. The largest absolute Gasteiger partial charge is 0.573 e. The first-order valence-electron chi connectivity index (χ1n) is 12.3. The molecule has 2 aliphatic heterocycles. The van der Waals surface area contributed by atoms with Crippen molar-refractivity contribution in [2.24, 2.45) is 5.92 Å². The summed E-state index contributed by atoms with van der Waals surface area (Å²) in [5, 5.41) is 9.60. The van der Waals surface area contributed by atoms with E-state index >= 15 is 0 Å². The molecule has 2 aromatic rings. The number of fused-ring (bicyclic) bond motifs is 1. The summed E-state index contributed by atoms with van der Waals surface area (Å²) in [6.45, 7) is 4.97. The SMILES string of the molecule is CCC(c1cc(Cl)ccc1OC(F)(F)F)N1CCC2(CCc3ccc(CC(C)C(=O)O)cc3O2)CC1. The fraction of sp³-hybridized carbons (Fsp3) is 0.519. The number of ether oxygens (including phenoxy) is 2. The highest BCUT2D eigenvalue weighted by Crippen LogP contribution is 2.43. The number of carbonyl (C=O) groups is 1. The number of piperidine rings is 1. The molecule has 36 heavy (non-hydrogen) atoms. The summed E-state index contributed by atoms with van der Waals surface area (Å²) < 4.78 is 49.9. The molecule has 4 rings (SSSR count). The van der Waals surface area contributed by atoms with E-state index in [1.165, 1.54) is 12.1 Å². The molecule has 2 atom stereocenters. The second-order valence-corrected chi connectivity index (χ2v) is 10.3. The molecule has 2 unspecified atom stereocenters. The molecule has 0 bridgehead atoms. The Balaban J connectivity index is 1.48. The van der Waals surface area contributed by atoms with E-state index in [2.05, 4.69) is 9.64 Å². The molecule has 0 aromatic heterocycles. The second kappa shape index (κ2) is 10.5. The number of halogens is 4. The van der Waals surface area contributed by atoms with Crippen molar-refractivity contribution in [2.75, 3.05) is 13.1 Å². The van der Waals surface area contributed by atoms with E-state index in [9.17, 15) is 23.1 Å². The van der Waals surface area contributed by atoms with E-state index in [0.29, 0.717) is 36.5 Å². The third kappa shape index (κ3) is 6.09. The molecule has 2 heterocycles. The molecule has 2 aliphatic rings. The van der Waals surface area contributed by atoms with Crippen molar-refractivity contribution in [2.45, 2.75) is 70.4 Å². The van der Waals surface area contributed by atoms with Gasteiger partial charge < -0.3 is 14.6 Å². The molecule has 0 aliphatic carbocycles. The zero-order chi connectivity index (χ0) is 26.1.